The van der Waals surface area contributed by atoms with Gasteiger partial charge < -0.3 is 15.1 Å². The van der Waals surface area contributed by atoms with Crippen molar-refractivity contribution in [1.82, 2.24) is 4.90 Å². The molecule has 1 aliphatic heterocycles. The molecular formula is C19H22BrN3O. The van der Waals surface area contributed by atoms with Crippen LogP contribution in [0, 0.1) is 13.8 Å². The number of nitrogens with zero attached hydrogens (tertiary/aromatic N) is 2. The van der Waals surface area contributed by atoms with Crippen LogP contribution < -0.4 is 10.2 Å². The number of aryl methyl sites for hydroxylation is 2. The summed E-state index contributed by atoms with van der Waals surface area (Å²) in [6, 6.07) is 14.2. The molecule has 1 heterocycles. The molecule has 1 fully saturated rings. The molecule has 0 radical (unpaired) electrons. The van der Waals surface area contributed by atoms with E-state index in [1.165, 1.54) is 16.8 Å². The van der Waals surface area contributed by atoms with Crippen molar-refractivity contribution in [2.24, 2.45) is 0 Å². The summed E-state index contributed by atoms with van der Waals surface area (Å²) in [6.45, 7) is 7.44. The molecule has 1 aliphatic rings. The Morgan fingerprint density at radius 3 is 2.29 bits per heavy atom. The molecule has 2 aromatic carbocycles. The highest BCUT2D eigenvalue weighted by Gasteiger charge is 2.22. The molecule has 0 bridgehead atoms. The van der Waals surface area contributed by atoms with Gasteiger partial charge in [-0.1, -0.05) is 33.6 Å². The highest BCUT2D eigenvalue weighted by molar-refractivity contribution is 9.10. The van der Waals surface area contributed by atoms with Crippen LogP contribution in [-0.2, 0) is 0 Å². The molecule has 24 heavy (non-hydrogen) atoms. The maximum absolute atomic E-state index is 12.4. The number of rotatable bonds is 2. The van der Waals surface area contributed by atoms with Crippen molar-refractivity contribution >= 4 is 33.3 Å². The molecule has 4 nitrogen and oxygen atoms in total. The van der Waals surface area contributed by atoms with Gasteiger partial charge in [0, 0.05) is 42.0 Å². The van der Waals surface area contributed by atoms with E-state index in [2.05, 4.69) is 58.2 Å². The average Bonchev–Trinajstić information content (AvgIpc) is 2.57. The number of halogens is 1. The zero-order chi connectivity index (χ0) is 17.1. The molecule has 0 aliphatic carbocycles. The van der Waals surface area contributed by atoms with E-state index < -0.39 is 0 Å². The molecule has 0 unspecified atom stereocenters. The van der Waals surface area contributed by atoms with E-state index in [1.807, 2.05) is 29.2 Å². The molecule has 0 saturated carbocycles. The highest BCUT2D eigenvalue weighted by Crippen LogP contribution is 2.23. The minimum absolute atomic E-state index is 0.0300. The van der Waals surface area contributed by atoms with E-state index in [0.29, 0.717) is 0 Å². The summed E-state index contributed by atoms with van der Waals surface area (Å²) in [5.41, 5.74) is 4.67. The van der Waals surface area contributed by atoms with Gasteiger partial charge in [-0.2, -0.15) is 0 Å². The Bertz CT molecular complexity index is 722. The number of piperazine rings is 1. The summed E-state index contributed by atoms with van der Waals surface area (Å²) in [6.07, 6.45) is 0. The Kier molecular flexibility index (Phi) is 5.09. The van der Waals surface area contributed by atoms with Crippen LogP contribution in [0.25, 0.3) is 0 Å². The van der Waals surface area contributed by atoms with Gasteiger partial charge in [-0.3, -0.25) is 0 Å². The first-order chi connectivity index (χ1) is 11.5. The zero-order valence-corrected chi connectivity index (χ0v) is 15.6. The Morgan fingerprint density at radius 2 is 1.67 bits per heavy atom. The molecule has 0 atom stereocenters. The van der Waals surface area contributed by atoms with E-state index in [4.69, 9.17) is 0 Å². The number of urea groups is 1. The van der Waals surface area contributed by atoms with Gasteiger partial charge in [0.1, 0.15) is 0 Å². The van der Waals surface area contributed by atoms with E-state index in [-0.39, 0.29) is 6.03 Å². The number of benzene rings is 2. The van der Waals surface area contributed by atoms with Crippen molar-refractivity contribution in [2.45, 2.75) is 13.8 Å². The number of amides is 2. The second kappa shape index (κ2) is 7.26. The van der Waals surface area contributed by atoms with Gasteiger partial charge in [0.2, 0.25) is 0 Å². The molecule has 1 saturated heterocycles. The fourth-order valence-corrected chi connectivity index (χ4v) is 3.31. The zero-order valence-electron chi connectivity index (χ0n) is 14.1. The highest BCUT2D eigenvalue weighted by atomic mass is 79.9. The van der Waals surface area contributed by atoms with Crippen LogP contribution in [-0.4, -0.2) is 37.1 Å². The Morgan fingerprint density at radius 1 is 1.00 bits per heavy atom. The van der Waals surface area contributed by atoms with Crippen LogP contribution >= 0.6 is 15.9 Å². The first-order valence-electron chi connectivity index (χ1n) is 8.16. The van der Waals surface area contributed by atoms with Crippen molar-refractivity contribution in [3.63, 3.8) is 0 Å². The van der Waals surface area contributed by atoms with Gasteiger partial charge in [-0.15, -0.1) is 0 Å². The largest absolute Gasteiger partial charge is 0.368 e. The van der Waals surface area contributed by atoms with Crippen LogP contribution in [0.2, 0.25) is 0 Å². The van der Waals surface area contributed by atoms with Crippen LogP contribution in [0.4, 0.5) is 16.2 Å². The van der Waals surface area contributed by atoms with Gasteiger partial charge >= 0.3 is 6.03 Å². The number of carbonyl (C=O) groups is 1. The lowest BCUT2D eigenvalue weighted by Gasteiger charge is -2.36. The van der Waals surface area contributed by atoms with E-state index >= 15 is 0 Å². The number of hydrogen-bond donors (Lipinski definition) is 1. The lowest BCUT2D eigenvalue weighted by atomic mass is 10.1. The number of anilines is 2. The maximum Gasteiger partial charge on any atom is 0.321 e. The van der Waals surface area contributed by atoms with Crippen molar-refractivity contribution in [3.8, 4) is 0 Å². The van der Waals surface area contributed by atoms with Gasteiger partial charge in [0.05, 0.1) is 0 Å². The normalized spacial score (nSPS) is 14.6. The summed E-state index contributed by atoms with van der Waals surface area (Å²) in [7, 11) is 0. The van der Waals surface area contributed by atoms with Gasteiger partial charge in [-0.25, -0.2) is 4.79 Å². The van der Waals surface area contributed by atoms with Crippen LogP contribution in [0.1, 0.15) is 11.1 Å². The third kappa shape index (κ3) is 3.90. The van der Waals surface area contributed by atoms with Crippen LogP contribution in [0.5, 0.6) is 0 Å². The lowest BCUT2D eigenvalue weighted by Crippen LogP contribution is -2.50. The Labute approximate surface area is 151 Å². The van der Waals surface area contributed by atoms with E-state index in [1.54, 1.807) is 0 Å². The minimum atomic E-state index is -0.0300. The molecule has 2 amide bonds. The Hall–Kier alpha value is -2.01. The third-order valence-electron chi connectivity index (χ3n) is 4.36. The standard InChI is InChI=1S/C19H22BrN3O/c1-14-3-8-18(15(2)13-14)22-9-11-23(12-10-22)19(24)21-17-6-4-16(20)5-7-17/h3-8,13H,9-12H2,1-2H3,(H,21,24). The lowest BCUT2D eigenvalue weighted by molar-refractivity contribution is 0.208. The summed E-state index contributed by atoms with van der Waals surface area (Å²) in [4.78, 5) is 16.6. The number of carbonyl (C=O) groups excluding carboxylic acids is 1. The molecule has 5 heteroatoms. The van der Waals surface area contributed by atoms with Crippen molar-refractivity contribution in [2.75, 3.05) is 36.4 Å². The van der Waals surface area contributed by atoms with Crippen LogP contribution in [0.3, 0.4) is 0 Å². The Balaban J connectivity index is 1.58. The third-order valence-corrected chi connectivity index (χ3v) is 4.88. The molecule has 2 aromatic rings. The minimum Gasteiger partial charge on any atom is -0.368 e. The van der Waals surface area contributed by atoms with E-state index in [0.717, 1.165) is 36.3 Å². The van der Waals surface area contributed by atoms with Crippen molar-refractivity contribution in [1.29, 1.82) is 0 Å². The van der Waals surface area contributed by atoms with E-state index in [9.17, 15) is 4.79 Å². The van der Waals surface area contributed by atoms with Gasteiger partial charge in [-0.05, 0) is 49.7 Å². The summed E-state index contributed by atoms with van der Waals surface area (Å²) in [5.74, 6) is 0. The quantitative estimate of drug-likeness (QED) is 0.827. The fourth-order valence-electron chi connectivity index (χ4n) is 3.05. The molecule has 0 spiro atoms. The smallest absolute Gasteiger partial charge is 0.321 e. The summed E-state index contributed by atoms with van der Waals surface area (Å²) >= 11 is 3.40. The summed E-state index contributed by atoms with van der Waals surface area (Å²) in [5, 5.41) is 2.96. The first kappa shape index (κ1) is 16.8. The van der Waals surface area contributed by atoms with Crippen LogP contribution in [0.15, 0.2) is 46.9 Å². The first-order valence-corrected chi connectivity index (χ1v) is 8.96. The monoisotopic (exact) mass is 387 g/mol. The topological polar surface area (TPSA) is 35.6 Å². The van der Waals surface area contributed by atoms with Crippen molar-refractivity contribution < 1.29 is 4.79 Å². The van der Waals surface area contributed by atoms with Crippen molar-refractivity contribution in [3.05, 3.63) is 58.1 Å². The fraction of sp³-hybridized carbons (Fsp3) is 0.316. The van der Waals surface area contributed by atoms with Gasteiger partial charge in [0.15, 0.2) is 0 Å². The molecule has 3 rings (SSSR count). The second-order valence-electron chi connectivity index (χ2n) is 6.20. The number of hydrogen-bond acceptors (Lipinski definition) is 2. The average molecular weight is 388 g/mol. The predicted molar refractivity (Wildman–Crippen MR) is 103 cm³/mol. The maximum atomic E-state index is 12.4. The molecular weight excluding hydrogens is 366 g/mol. The number of nitrogens with one attached hydrogen (secondary N) is 1. The molecule has 1 N–H and O–H groups in total. The molecule has 126 valence electrons. The molecule has 0 aromatic heterocycles. The van der Waals surface area contributed by atoms with Gasteiger partial charge in [0.25, 0.3) is 0 Å². The summed E-state index contributed by atoms with van der Waals surface area (Å²) < 4.78 is 1.00. The predicted octanol–water partition coefficient (Wildman–Crippen LogP) is 4.42. The second-order valence-corrected chi connectivity index (χ2v) is 7.12. The SMILES string of the molecule is Cc1ccc(N2CCN(C(=O)Nc3ccc(Br)cc3)CC2)c(C)c1.